The van der Waals surface area contributed by atoms with Crippen LogP contribution in [0.25, 0.3) is 0 Å². The number of imidazole rings is 1. The maximum atomic E-state index is 4.05. The van der Waals surface area contributed by atoms with E-state index in [1.54, 1.807) is 0 Å². The molecule has 0 saturated heterocycles. The van der Waals surface area contributed by atoms with E-state index < -0.39 is 0 Å². The van der Waals surface area contributed by atoms with Crippen LogP contribution in [0.3, 0.4) is 0 Å². The Morgan fingerprint density at radius 3 is 2.63 bits per heavy atom. The van der Waals surface area contributed by atoms with Crippen molar-refractivity contribution in [3.8, 4) is 0 Å². The van der Waals surface area contributed by atoms with E-state index in [0.29, 0.717) is 12.0 Å². The van der Waals surface area contributed by atoms with E-state index in [-0.39, 0.29) is 0 Å². The number of rotatable bonds is 7. The van der Waals surface area contributed by atoms with Gasteiger partial charge in [0.2, 0.25) is 0 Å². The molecule has 0 bridgehead atoms. The van der Waals surface area contributed by atoms with Gasteiger partial charge < -0.3 is 14.5 Å². The lowest BCUT2D eigenvalue weighted by molar-refractivity contribution is 0.442. The van der Waals surface area contributed by atoms with Crippen molar-refractivity contribution < 1.29 is 0 Å². The number of hydrogen-bond donors (Lipinski definition) is 1. The fourth-order valence-electron chi connectivity index (χ4n) is 2.52. The molecule has 2 rings (SSSR count). The third-order valence-corrected chi connectivity index (χ3v) is 3.50. The molecule has 4 heteroatoms. The molecule has 2 heterocycles. The zero-order chi connectivity index (χ0) is 13.7. The van der Waals surface area contributed by atoms with Gasteiger partial charge in [-0.05, 0) is 31.0 Å². The van der Waals surface area contributed by atoms with Crippen LogP contribution in [0.2, 0.25) is 0 Å². The SMILES string of the molecule is CNC(c1ccn(CCCn2ccnc2)c1)C(C)C. The zero-order valence-corrected chi connectivity index (χ0v) is 12.1. The number of hydrogen-bond acceptors (Lipinski definition) is 2. The van der Waals surface area contributed by atoms with Crippen LogP contribution in [-0.2, 0) is 13.1 Å². The molecule has 0 aliphatic heterocycles. The Labute approximate surface area is 115 Å². The number of aromatic nitrogens is 3. The van der Waals surface area contributed by atoms with Crippen LogP contribution >= 0.6 is 0 Å². The number of nitrogens with zero attached hydrogens (tertiary/aromatic N) is 3. The summed E-state index contributed by atoms with van der Waals surface area (Å²) in [5.41, 5.74) is 1.38. The van der Waals surface area contributed by atoms with Crippen LogP contribution in [0.1, 0.15) is 31.9 Å². The Morgan fingerprint density at radius 1 is 1.21 bits per heavy atom. The van der Waals surface area contributed by atoms with Gasteiger partial charge in [0.1, 0.15) is 0 Å². The first-order valence-electron chi connectivity index (χ1n) is 6.99. The summed E-state index contributed by atoms with van der Waals surface area (Å²) >= 11 is 0. The number of aryl methyl sites for hydroxylation is 2. The summed E-state index contributed by atoms with van der Waals surface area (Å²) in [6, 6.07) is 2.66. The molecule has 104 valence electrons. The first kappa shape index (κ1) is 13.9. The largest absolute Gasteiger partial charge is 0.354 e. The maximum absolute atomic E-state index is 4.05. The first-order valence-corrected chi connectivity index (χ1v) is 6.99. The van der Waals surface area contributed by atoms with E-state index in [4.69, 9.17) is 0 Å². The predicted octanol–water partition coefficient (Wildman–Crippen LogP) is 2.69. The molecule has 0 fully saturated rings. The third kappa shape index (κ3) is 3.70. The van der Waals surface area contributed by atoms with E-state index in [0.717, 1.165) is 19.5 Å². The van der Waals surface area contributed by atoms with Gasteiger partial charge in [-0.1, -0.05) is 13.8 Å². The highest BCUT2D eigenvalue weighted by Gasteiger charge is 2.14. The summed E-state index contributed by atoms with van der Waals surface area (Å²) < 4.78 is 4.40. The van der Waals surface area contributed by atoms with E-state index in [9.17, 15) is 0 Å². The molecule has 0 amide bonds. The van der Waals surface area contributed by atoms with Gasteiger partial charge in [0, 0.05) is 43.9 Å². The predicted molar refractivity (Wildman–Crippen MR) is 77.9 cm³/mol. The molecule has 1 unspecified atom stereocenters. The minimum Gasteiger partial charge on any atom is -0.354 e. The summed E-state index contributed by atoms with van der Waals surface area (Å²) in [5, 5.41) is 3.38. The molecule has 2 aromatic heterocycles. The van der Waals surface area contributed by atoms with Gasteiger partial charge in [-0.3, -0.25) is 0 Å². The van der Waals surface area contributed by atoms with Crippen LogP contribution in [0.5, 0.6) is 0 Å². The maximum Gasteiger partial charge on any atom is 0.0945 e. The molecule has 0 aliphatic carbocycles. The van der Waals surface area contributed by atoms with E-state index in [2.05, 4.69) is 51.7 Å². The van der Waals surface area contributed by atoms with Gasteiger partial charge in [0.25, 0.3) is 0 Å². The van der Waals surface area contributed by atoms with Crippen molar-refractivity contribution in [2.24, 2.45) is 5.92 Å². The minimum atomic E-state index is 0.440. The highest BCUT2D eigenvalue weighted by atomic mass is 15.0. The van der Waals surface area contributed by atoms with Gasteiger partial charge in [0.15, 0.2) is 0 Å². The normalized spacial score (nSPS) is 13.1. The monoisotopic (exact) mass is 260 g/mol. The molecule has 1 atom stereocenters. The van der Waals surface area contributed by atoms with Gasteiger partial charge in [0.05, 0.1) is 6.33 Å². The van der Waals surface area contributed by atoms with Gasteiger partial charge in [-0.25, -0.2) is 4.98 Å². The van der Waals surface area contributed by atoms with Crippen LogP contribution in [-0.4, -0.2) is 21.2 Å². The molecule has 19 heavy (non-hydrogen) atoms. The molecule has 0 spiro atoms. The Balaban J connectivity index is 1.86. The van der Waals surface area contributed by atoms with Crippen LogP contribution in [0.15, 0.2) is 37.2 Å². The Morgan fingerprint density at radius 2 is 2.00 bits per heavy atom. The van der Waals surface area contributed by atoms with Crippen molar-refractivity contribution in [3.05, 3.63) is 42.7 Å². The Bertz CT molecular complexity index is 470. The van der Waals surface area contributed by atoms with Gasteiger partial charge >= 0.3 is 0 Å². The van der Waals surface area contributed by atoms with Crippen molar-refractivity contribution in [3.63, 3.8) is 0 Å². The second-order valence-corrected chi connectivity index (χ2v) is 5.35. The van der Waals surface area contributed by atoms with Crippen LogP contribution in [0, 0.1) is 5.92 Å². The average Bonchev–Trinajstić information content (AvgIpc) is 3.02. The average molecular weight is 260 g/mol. The molecule has 0 aliphatic rings. The van der Waals surface area contributed by atoms with Crippen LogP contribution in [0.4, 0.5) is 0 Å². The fourth-order valence-corrected chi connectivity index (χ4v) is 2.52. The second-order valence-electron chi connectivity index (χ2n) is 5.35. The molecule has 0 radical (unpaired) electrons. The summed E-state index contributed by atoms with van der Waals surface area (Å²) in [7, 11) is 2.03. The first-order chi connectivity index (χ1) is 9.20. The van der Waals surface area contributed by atoms with E-state index in [1.807, 2.05) is 25.8 Å². The molecular weight excluding hydrogens is 236 g/mol. The molecule has 0 aromatic carbocycles. The van der Waals surface area contributed by atoms with Crippen molar-refractivity contribution >= 4 is 0 Å². The second kappa shape index (κ2) is 6.57. The standard InChI is InChI=1S/C15H24N4/c1-13(2)15(16-3)14-5-9-18(11-14)7-4-8-19-10-6-17-12-19/h5-6,9-13,15-16H,4,7-8H2,1-3H3. The highest BCUT2D eigenvalue weighted by molar-refractivity contribution is 5.16. The zero-order valence-electron chi connectivity index (χ0n) is 12.1. The van der Waals surface area contributed by atoms with Crippen molar-refractivity contribution in [2.45, 2.75) is 39.4 Å². The summed E-state index contributed by atoms with van der Waals surface area (Å²) in [5.74, 6) is 0.604. The highest BCUT2D eigenvalue weighted by Crippen LogP contribution is 2.21. The van der Waals surface area contributed by atoms with Gasteiger partial charge in [-0.15, -0.1) is 0 Å². The van der Waals surface area contributed by atoms with Crippen molar-refractivity contribution in [1.82, 2.24) is 19.4 Å². The molecule has 4 nitrogen and oxygen atoms in total. The molecular formula is C15H24N4. The van der Waals surface area contributed by atoms with Crippen LogP contribution < -0.4 is 5.32 Å². The van der Waals surface area contributed by atoms with E-state index in [1.165, 1.54) is 5.56 Å². The molecule has 2 aromatic rings. The lowest BCUT2D eigenvalue weighted by Crippen LogP contribution is -2.21. The van der Waals surface area contributed by atoms with Gasteiger partial charge in [-0.2, -0.15) is 0 Å². The molecule has 0 saturated carbocycles. The quantitative estimate of drug-likeness (QED) is 0.830. The Kier molecular flexibility index (Phi) is 4.80. The smallest absolute Gasteiger partial charge is 0.0945 e. The summed E-state index contributed by atoms with van der Waals surface area (Å²) in [6.07, 6.45) is 11.3. The fraction of sp³-hybridized carbons (Fsp3) is 0.533. The Hall–Kier alpha value is -1.55. The summed E-state index contributed by atoms with van der Waals surface area (Å²) in [6.45, 7) is 6.56. The number of nitrogens with one attached hydrogen (secondary N) is 1. The lowest BCUT2D eigenvalue weighted by atomic mass is 9.99. The topological polar surface area (TPSA) is 34.8 Å². The van der Waals surface area contributed by atoms with Crippen molar-refractivity contribution in [1.29, 1.82) is 0 Å². The minimum absolute atomic E-state index is 0.440. The van der Waals surface area contributed by atoms with Crippen molar-refractivity contribution in [2.75, 3.05) is 7.05 Å². The van der Waals surface area contributed by atoms with E-state index >= 15 is 0 Å². The summed E-state index contributed by atoms with van der Waals surface area (Å²) in [4.78, 5) is 4.05. The molecule has 1 N–H and O–H groups in total. The lowest BCUT2D eigenvalue weighted by Gasteiger charge is -2.18. The third-order valence-electron chi connectivity index (χ3n) is 3.50.